The molecule has 0 atom stereocenters. The molecule has 3 rings (SSSR count). The van der Waals surface area contributed by atoms with Crippen molar-refractivity contribution in [2.24, 2.45) is 0 Å². The summed E-state index contributed by atoms with van der Waals surface area (Å²) in [5, 5.41) is 17.7. The third-order valence-corrected chi connectivity index (χ3v) is 4.67. The van der Waals surface area contributed by atoms with Gasteiger partial charge in [-0.3, -0.25) is 0 Å². The number of hydrogen-bond donors (Lipinski definition) is 0. The predicted molar refractivity (Wildman–Crippen MR) is 100 cm³/mol. The fraction of sp³-hybridized carbons (Fsp3) is 0.211. The van der Waals surface area contributed by atoms with Gasteiger partial charge in [0.2, 0.25) is 11.6 Å². The van der Waals surface area contributed by atoms with E-state index in [4.69, 9.17) is 23.9 Å². The van der Waals surface area contributed by atoms with E-state index in [1.807, 2.05) is 18.2 Å². The number of benzene rings is 2. The van der Waals surface area contributed by atoms with Crippen LogP contribution in [-0.2, 0) is 5.75 Å². The largest absolute Gasteiger partial charge is 0.493 e. The van der Waals surface area contributed by atoms with Crippen LogP contribution in [0.15, 0.2) is 46.0 Å². The average molecular weight is 383 g/mol. The fourth-order valence-electron chi connectivity index (χ4n) is 2.48. The van der Waals surface area contributed by atoms with Crippen LogP contribution in [0, 0.1) is 11.3 Å². The third kappa shape index (κ3) is 3.99. The molecule has 0 unspecified atom stereocenters. The number of nitrogens with zero attached hydrogens (tertiary/aromatic N) is 3. The number of methoxy groups -OCH3 is 3. The second kappa shape index (κ2) is 8.47. The van der Waals surface area contributed by atoms with Crippen LogP contribution in [0.3, 0.4) is 0 Å². The molecule has 2 aromatic carbocycles. The molecule has 0 saturated heterocycles. The van der Waals surface area contributed by atoms with Gasteiger partial charge in [0.15, 0.2) is 11.5 Å². The van der Waals surface area contributed by atoms with Gasteiger partial charge >= 0.3 is 0 Å². The van der Waals surface area contributed by atoms with Gasteiger partial charge < -0.3 is 18.6 Å². The van der Waals surface area contributed by atoms with Crippen molar-refractivity contribution in [1.82, 2.24) is 10.2 Å². The zero-order chi connectivity index (χ0) is 19.2. The zero-order valence-electron chi connectivity index (χ0n) is 15.1. The summed E-state index contributed by atoms with van der Waals surface area (Å²) in [6.07, 6.45) is 0. The molecule has 7 nitrogen and oxygen atoms in total. The van der Waals surface area contributed by atoms with Crippen LogP contribution in [0.25, 0.3) is 11.5 Å². The van der Waals surface area contributed by atoms with E-state index < -0.39 is 0 Å². The quantitative estimate of drug-likeness (QED) is 0.567. The smallest absolute Gasteiger partial charge is 0.277 e. The Kier molecular flexibility index (Phi) is 5.84. The summed E-state index contributed by atoms with van der Waals surface area (Å²) in [4.78, 5) is 0. The van der Waals surface area contributed by atoms with Crippen LogP contribution in [-0.4, -0.2) is 31.5 Å². The summed E-state index contributed by atoms with van der Waals surface area (Å²) in [6.45, 7) is 0. The first-order chi connectivity index (χ1) is 13.2. The minimum Gasteiger partial charge on any atom is -0.493 e. The highest BCUT2D eigenvalue weighted by Gasteiger charge is 2.17. The van der Waals surface area contributed by atoms with Crippen molar-refractivity contribution in [3.05, 3.63) is 47.5 Å². The summed E-state index contributed by atoms with van der Waals surface area (Å²) in [7, 11) is 4.63. The number of aromatic nitrogens is 2. The highest BCUT2D eigenvalue weighted by molar-refractivity contribution is 7.98. The van der Waals surface area contributed by atoms with Crippen LogP contribution >= 0.6 is 11.8 Å². The summed E-state index contributed by atoms with van der Waals surface area (Å²) in [5.41, 5.74) is 2.20. The van der Waals surface area contributed by atoms with E-state index in [-0.39, 0.29) is 0 Å². The minimum absolute atomic E-state index is 0.338. The van der Waals surface area contributed by atoms with Crippen LogP contribution in [0.4, 0.5) is 0 Å². The number of hydrogen-bond acceptors (Lipinski definition) is 8. The highest BCUT2D eigenvalue weighted by Crippen LogP contribution is 2.41. The highest BCUT2D eigenvalue weighted by atomic mass is 32.2. The number of rotatable bonds is 7. The lowest BCUT2D eigenvalue weighted by Gasteiger charge is -2.12. The molecule has 0 bridgehead atoms. The Morgan fingerprint density at radius 3 is 2.37 bits per heavy atom. The maximum Gasteiger partial charge on any atom is 0.277 e. The molecule has 3 aromatic rings. The van der Waals surface area contributed by atoms with Gasteiger partial charge in [0, 0.05) is 11.3 Å². The first-order valence-corrected chi connectivity index (χ1v) is 8.93. The maximum absolute atomic E-state index is 9.17. The molecule has 0 spiro atoms. The van der Waals surface area contributed by atoms with E-state index in [9.17, 15) is 0 Å². The van der Waals surface area contributed by atoms with Gasteiger partial charge in [-0.2, -0.15) is 5.26 Å². The molecule has 27 heavy (non-hydrogen) atoms. The molecule has 0 aliphatic carbocycles. The van der Waals surface area contributed by atoms with Crippen LogP contribution < -0.4 is 14.2 Å². The van der Waals surface area contributed by atoms with E-state index >= 15 is 0 Å². The van der Waals surface area contributed by atoms with Gasteiger partial charge in [0.1, 0.15) is 0 Å². The number of ether oxygens (including phenoxy) is 3. The Labute approximate surface area is 160 Å². The second-order valence-corrected chi connectivity index (χ2v) is 6.27. The molecule has 0 saturated carbocycles. The van der Waals surface area contributed by atoms with E-state index in [1.165, 1.54) is 11.8 Å². The SMILES string of the molecule is COc1cc(-c2nnc(SCc3ccccc3C#N)o2)cc(OC)c1OC. The van der Waals surface area contributed by atoms with E-state index in [2.05, 4.69) is 16.3 Å². The molecule has 0 N–H and O–H groups in total. The van der Waals surface area contributed by atoms with Gasteiger partial charge in [-0.25, -0.2) is 0 Å². The molecule has 0 aliphatic rings. The maximum atomic E-state index is 9.17. The second-order valence-electron chi connectivity index (χ2n) is 5.34. The fourth-order valence-corrected chi connectivity index (χ4v) is 3.25. The lowest BCUT2D eigenvalue weighted by Crippen LogP contribution is -1.95. The monoisotopic (exact) mass is 383 g/mol. The Hall–Kier alpha value is -3.18. The molecule has 1 aromatic heterocycles. The summed E-state index contributed by atoms with van der Waals surface area (Å²) in [6, 6.07) is 13.1. The Morgan fingerprint density at radius 2 is 1.74 bits per heavy atom. The first kappa shape index (κ1) is 18.6. The third-order valence-electron chi connectivity index (χ3n) is 3.81. The van der Waals surface area contributed by atoms with Crippen molar-refractivity contribution in [3.8, 4) is 34.8 Å². The molecule has 138 valence electrons. The molecule has 0 radical (unpaired) electrons. The molecule has 1 heterocycles. The van der Waals surface area contributed by atoms with Crippen molar-refractivity contribution in [2.45, 2.75) is 11.0 Å². The van der Waals surface area contributed by atoms with Gasteiger partial charge in [-0.05, 0) is 23.8 Å². The molecule has 0 amide bonds. The Morgan fingerprint density at radius 1 is 1.04 bits per heavy atom. The summed E-state index contributed by atoms with van der Waals surface area (Å²) >= 11 is 1.37. The van der Waals surface area contributed by atoms with Gasteiger partial charge in [0.05, 0.1) is 33.0 Å². The summed E-state index contributed by atoms with van der Waals surface area (Å²) in [5.74, 6) is 2.39. The van der Waals surface area contributed by atoms with Crippen molar-refractivity contribution in [3.63, 3.8) is 0 Å². The normalized spacial score (nSPS) is 10.3. The molecular formula is C19H17N3O4S. The van der Waals surface area contributed by atoms with E-state index in [0.717, 1.165) is 5.56 Å². The molecular weight excluding hydrogens is 366 g/mol. The van der Waals surface area contributed by atoms with Crippen molar-refractivity contribution >= 4 is 11.8 Å². The average Bonchev–Trinajstić information content (AvgIpc) is 3.20. The Bertz CT molecular complexity index is 956. The van der Waals surface area contributed by atoms with Crippen molar-refractivity contribution in [1.29, 1.82) is 5.26 Å². The van der Waals surface area contributed by atoms with E-state index in [0.29, 0.717) is 45.2 Å². The zero-order valence-corrected chi connectivity index (χ0v) is 15.9. The molecule has 0 aliphatic heterocycles. The first-order valence-electron chi connectivity index (χ1n) is 7.94. The van der Waals surface area contributed by atoms with Crippen molar-refractivity contribution < 1.29 is 18.6 Å². The molecule has 0 fully saturated rings. The lowest BCUT2D eigenvalue weighted by molar-refractivity contribution is 0.324. The van der Waals surface area contributed by atoms with Crippen LogP contribution in [0.2, 0.25) is 0 Å². The number of nitriles is 1. The Balaban J connectivity index is 1.82. The predicted octanol–water partition coefficient (Wildman–Crippen LogP) is 3.93. The van der Waals surface area contributed by atoms with Crippen molar-refractivity contribution in [2.75, 3.05) is 21.3 Å². The van der Waals surface area contributed by atoms with Gasteiger partial charge in [-0.1, -0.05) is 30.0 Å². The molecule has 8 heteroatoms. The lowest BCUT2D eigenvalue weighted by atomic mass is 10.1. The topological polar surface area (TPSA) is 90.4 Å². The van der Waals surface area contributed by atoms with Crippen LogP contribution in [0.1, 0.15) is 11.1 Å². The van der Waals surface area contributed by atoms with Gasteiger partial charge in [0.25, 0.3) is 5.22 Å². The van der Waals surface area contributed by atoms with Gasteiger partial charge in [-0.15, -0.1) is 10.2 Å². The minimum atomic E-state index is 0.338. The van der Waals surface area contributed by atoms with Crippen LogP contribution in [0.5, 0.6) is 17.2 Å². The van der Waals surface area contributed by atoms with E-state index in [1.54, 1.807) is 39.5 Å². The summed E-state index contributed by atoms with van der Waals surface area (Å²) < 4.78 is 21.8. The number of thioether (sulfide) groups is 1. The standard InChI is InChI=1S/C19H17N3O4S/c1-23-15-8-14(9-16(24-2)17(15)25-3)18-21-22-19(26-18)27-11-13-7-5-4-6-12(13)10-20/h4-9H,11H2,1-3H3.